The first-order valence-corrected chi connectivity index (χ1v) is 17.7. The Morgan fingerprint density at radius 3 is 2.41 bits per heavy atom. The zero-order chi connectivity index (χ0) is 34.1. The van der Waals surface area contributed by atoms with E-state index in [0.717, 1.165) is 40.8 Å². The lowest BCUT2D eigenvalue weighted by atomic mass is 9.91. The predicted molar refractivity (Wildman–Crippen MR) is 184 cm³/mol. The van der Waals surface area contributed by atoms with Crippen LogP contribution in [0.1, 0.15) is 40.0 Å². The molecular formula is C35H39N7O6S. The van der Waals surface area contributed by atoms with Crippen LogP contribution in [0.4, 0.5) is 11.8 Å². The van der Waals surface area contributed by atoms with E-state index in [1.807, 2.05) is 49.4 Å². The van der Waals surface area contributed by atoms with Crippen LogP contribution in [0.2, 0.25) is 0 Å². The first-order chi connectivity index (χ1) is 23.7. The van der Waals surface area contributed by atoms with Gasteiger partial charge in [-0.25, -0.2) is 18.1 Å². The number of aliphatic hydroxyl groups is 2. The number of hydrogen-bond donors (Lipinski definition) is 5. The Balaban J connectivity index is 1.29. The first-order valence-electron chi connectivity index (χ1n) is 16.2. The molecule has 3 aromatic carbocycles. The molecule has 49 heavy (non-hydrogen) atoms. The van der Waals surface area contributed by atoms with Gasteiger partial charge in [-0.15, -0.1) is 0 Å². The molecule has 7 rings (SSSR count). The summed E-state index contributed by atoms with van der Waals surface area (Å²) >= 11 is 0. The number of imidazole rings is 1. The van der Waals surface area contributed by atoms with Gasteiger partial charge in [0, 0.05) is 26.1 Å². The molecule has 2 aromatic heterocycles. The number of hydrogen-bond acceptors (Lipinski definition) is 11. The number of ether oxygens (including phenoxy) is 2. The average molecular weight is 686 g/mol. The highest BCUT2D eigenvalue weighted by Gasteiger charge is 2.44. The molecule has 13 nitrogen and oxygen atoms in total. The fraction of sp³-hybridized carbons (Fsp3) is 0.343. The van der Waals surface area contributed by atoms with Crippen LogP contribution in [0, 0.1) is 6.92 Å². The third kappa shape index (κ3) is 6.50. The molecule has 5 N–H and O–H groups in total. The fourth-order valence-corrected chi connectivity index (χ4v) is 7.92. The summed E-state index contributed by atoms with van der Waals surface area (Å²) in [7, 11) is -2.66. The zero-order valence-corrected chi connectivity index (χ0v) is 28.0. The first kappa shape index (κ1) is 33.1. The summed E-state index contributed by atoms with van der Waals surface area (Å²) < 4.78 is 43.2. The number of rotatable bonds is 11. The maximum absolute atomic E-state index is 14.0. The Hall–Kier alpha value is -4.44. The van der Waals surface area contributed by atoms with Gasteiger partial charge in [0.2, 0.25) is 5.95 Å². The van der Waals surface area contributed by atoms with E-state index in [2.05, 4.69) is 54.6 Å². The van der Waals surface area contributed by atoms with E-state index in [0.29, 0.717) is 18.6 Å². The van der Waals surface area contributed by atoms with E-state index < -0.39 is 34.6 Å². The number of sulfonamides is 1. The van der Waals surface area contributed by atoms with Crippen molar-refractivity contribution < 1.29 is 28.1 Å². The molecule has 0 aliphatic carbocycles. The van der Waals surface area contributed by atoms with Gasteiger partial charge in [-0.3, -0.25) is 4.57 Å². The third-order valence-electron chi connectivity index (χ3n) is 9.23. The SMILES string of the molecule is COCC1OC(n2cnc3c(NCC(c4ccccc4)c4ccccc4)nc(NS(=O)(=O)c4ccc(C)c5c4CNCC5)nc32)C(O)C1O. The minimum Gasteiger partial charge on any atom is -0.387 e. The summed E-state index contributed by atoms with van der Waals surface area (Å²) in [6.45, 7) is 3.63. The topological polar surface area (TPSA) is 173 Å². The lowest BCUT2D eigenvalue weighted by Crippen LogP contribution is -2.33. The highest BCUT2D eigenvalue weighted by atomic mass is 32.2. The molecule has 0 amide bonds. The number of benzene rings is 3. The van der Waals surface area contributed by atoms with E-state index in [1.165, 1.54) is 18.0 Å². The van der Waals surface area contributed by atoms with Crippen molar-refractivity contribution in [2.24, 2.45) is 0 Å². The molecule has 1 saturated heterocycles. The second-order valence-corrected chi connectivity index (χ2v) is 14.0. The molecule has 0 bridgehead atoms. The maximum Gasteiger partial charge on any atom is 0.264 e. The standard InChI is InChI=1S/C35H39N7O6S/c1-21-13-14-28(26-17-36-16-15-24(21)26)49(45,46)41-35-39-32(37-18-25(22-9-5-3-6-10-22)23-11-7-4-8-12-23)29-33(40-35)42(20-38-29)34-31(44)30(43)27(48-34)19-47-2/h3-14,20,25,27,30-31,34,36,43-44H,15-19H2,1-2H3,(H2,37,39,40,41). The minimum atomic E-state index is -4.13. The second kappa shape index (κ2) is 13.8. The number of nitrogens with zero attached hydrogens (tertiary/aromatic N) is 4. The van der Waals surface area contributed by atoms with Crippen LogP contribution in [-0.2, 0) is 32.5 Å². The molecule has 4 atom stereocenters. The van der Waals surface area contributed by atoms with Gasteiger partial charge in [0.25, 0.3) is 10.0 Å². The highest BCUT2D eigenvalue weighted by molar-refractivity contribution is 7.92. The summed E-state index contributed by atoms with van der Waals surface area (Å²) in [5, 5.41) is 28.3. The van der Waals surface area contributed by atoms with Crippen molar-refractivity contribution in [1.82, 2.24) is 24.8 Å². The van der Waals surface area contributed by atoms with Crippen LogP contribution >= 0.6 is 0 Å². The number of nitrogens with one attached hydrogen (secondary N) is 3. The third-order valence-corrected chi connectivity index (χ3v) is 10.6. The van der Waals surface area contributed by atoms with Crippen LogP contribution in [-0.4, -0.2) is 83.3 Å². The smallest absolute Gasteiger partial charge is 0.264 e. The van der Waals surface area contributed by atoms with Gasteiger partial charge in [0.05, 0.1) is 17.8 Å². The Kier molecular flexibility index (Phi) is 9.33. The number of fused-ring (bicyclic) bond motifs is 2. The number of aromatic nitrogens is 4. The van der Waals surface area contributed by atoms with Gasteiger partial charge in [-0.1, -0.05) is 66.7 Å². The molecule has 0 saturated carbocycles. The number of methoxy groups -OCH3 is 1. The summed E-state index contributed by atoms with van der Waals surface area (Å²) in [5.41, 5.74) is 5.47. The number of aliphatic hydroxyl groups excluding tert-OH is 2. The number of aryl methyl sites for hydroxylation is 1. The monoisotopic (exact) mass is 685 g/mol. The van der Waals surface area contributed by atoms with Crippen LogP contribution < -0.4 is 15.4 Å². The highest BCUT2D eigenvalue weighted by Crippen LogP contribution is 2.34. The van der Waals surface area contributed by atoms with Gasteiger partial charge in [-0.2, -0.15) is 9.97 Å². The predicted octanol–water partition coefficient (Wildman–Crippen LogP) is 3.09. The molecular weight excluding hydrogens is 646 g/mol. The van der Waals surface area contributed by atoms with Gasteiger partial charge < -0.3 is 30.3 Å². The van der Waals surface area contributed by atoms with Gasteiger partial charge in [0.1, 0.15) is 18.3 Å². The largest absolute Gasteiger partial charge is 0.387 e. The van der Waals surface area contributed by atoms with Crippen molar-refractivity contribution in [3.8, 4) is 0 Å². The lowest BCUT2D eigenvalue weighted by molar-refractivity contribution is -0.0580. The molecule has 0 radical (unpaired) electrons. The lowest BCUT2D eigenvalue weighted by Gasteiger charge is -2.22. The Labute approximate surface area is 284 Å². The van der Waals surface area contributed by atoms with Crippen LogP contribution in [0.15, 0.2) is 84.0 Å². The normalized spacial score (nSPS) is 20.8. The van der Waals surface area contributed by atoms with E-state index >= 15 is 0 Å². The fourth-order valence-electron chi connectivity index (χ4n) is 6.71. The van der Waals surface area contributed by atoms with Crippen molar-refractivity contribution in [2.45, 2.75) is 55.2 Å². The van der Waals surface area contributed by atoms with E-state index in [4.69, 9.17) is 9.47 Å². The van der Waals surface area contributed by atoms with Crippen molar-refractivity contribution in [2.75, 3.05) is 36.8 Å². The minimum absolute atomic E-state index is 0.0598. The Bertz CT molecular complexity index is 2000. The van der Waals surface area contributed by atoms with Gasteiger partial charge in [0.15, 0.2) is 23.2 Å². The summed E-state index contributed by atoms with van der Waals surface area (Å²) in [6.07, 6.45) is -2.24. The van der Waals surface area contributed by atoms with Crippen LogP contribution in [0.3, 0.4) is 0 Å². The summed E-state index contributed by atoms with van der Waals surface area (Å²) in [6, 6.07) is 23.5. The molecule has 5 aromatic rings. The van der Waals surface area contributed by atoms with Gasteiger partial charge in [-0.05, 0) is 53.8 Å². The molecule has 0 spiro atoms. The zero-order valence-electron chi connectivity index (χ0n) is 27.2. The van der Waals surface area contributed by atoms with E-state index in [9.17, 15) is 18.6 Å². The summed E-state index contributed by atoms with van der Waals surface area (Å²) in [4.78, 5) is 14.0. The molecule has 14 heteroatoms. The molecule has 4 heterocycles. The second-order valence-electron chi connectivity index (χ2n) is 12.3. The van der Waals surface area contributed by atoms with Crippen molar-refractivity contribution >= 4 is 33.0 Å². The van der Waals surface area contributed by atoms with Crippen molar-refractivity contribution in [1.29, 1.82) is 0 Å². The van der Waals surface area contributed by atoms with E-state index in [-0.39, 0.29) is 34.8 Å². The maximum atomic E-state index is 14.0. The average Bonchev–Trinajstić information content (AvgIpc) is 3.65. The molecule has 1 fully saturated rings. The summed E-state index contributed by atoms with van der Waals surface area (Å²) in [5.74, 6) is 0.0193. The molecule has 2 aliphatic rings. The number of anilines is 2. The Morgan fingerprint density at radius 1 is 1.00 bits per heavy atom. The molecule has 2 aliphatic heterocycles. The Morgan fingerprint density at radius 2 is 1.71 bits per heavy atom. The quantitative estimate of drug-likeness (QED) is 0.138. The molecule has 256 valence electrons. The van der Waals surface area contributed by atoms with Crippen molar-refractivity contribution in [3.05, 3.63) is 107 Å². The van der Waals surface area contributed by atoms with Gasteiger partial charge >= 0.3 is 0 Å². The van der Waals surface area contributed by atoms with Crippen LogP contribution in [0.5, 0.6) is 0 Å². The van der Waals surface area contributed by atoms with Crippen molar-refractivity contribution in [3.63, 3.8) is 0 Å². The van der Waals surface area contributed by atoms with E-state index in [1.54, 1.807) is 6.07 Å². The molecule has 4 unspecified atom stereocenters. The van der Waals surface area contributed by atoms with Crippen LogP contribution in [0.25, 0.3) is 11.2 Å².